The van der Waals surface area contributed by atoms with Crippen LogP contribution >= 0.6 is 0 Å². The molecule has 1 heterocycles. The van der Waals surface area contributed by atoms with E-state index >= 15 is 0 Å². The quantitative estimate of drug-likeness (QED) is 0.888. The number of carbonyl (C=O) groups excluding carboxylic acids is 1. The molecule has 21 heavy (non-hydrogen) atoms. The van der Waals surface area contributed by atoms with E-state index in [0.717, 1.165) is 37.6 Å². The third kappa shape index (κ3) is 3.01. The van der Waals surface area contributed by atoms with Gasteiger partial charge in [-0.15, -0.1) is 0 Å². The molecule has 110 valence electrons. The summed E-state index contributed by atoms with van der Waals surface area (Å²) in [6.07, 6.45) is 2.33. The predicted molar refractivity (Wildman–Crippen MR) is 82.5 cm³/mol. The van der Waals surface area contributed by atoms with E-state index in [2.05, 4.69) is 27.7 Å². The molecule has 0 atom stereocenters. The van der Waals surface area contributed by atoms with Crippen LogP contribution < -0.4 is 15.5 Å². The molecular weight excluding hydrogens is 264 g/mol. The monoisotopic (exact) mass is 284 g/mol. The first kappa shape index (κ1) is 13.9. The fourth-order valence-corrected chi connectivity index (χ4v) is 2.89. The highest BCUT2D eigenvalue weighted by atomic mass is 16.1. The van der Waals surface area contributed by atoms with Crippen LogP contribution in [0, 0.1) is 11.3 Å². The molecule has 1 saturated carbocycles. The molecule has 1 aromatic carbocycles. The molecular formula is C16H20N4O. The largest absolute Gasteiger partial charge is 0.368 e. The molecule has 0 radical (unpaired) electrons. The molecule has 1 aromatic rings. The van der Waals surface area contributed by atoms with Gasteiger partial charge in [-0.05, 0) is 36.5 Å². The number of hydrogen-bond donors (Lipinski definition) is 2. The maximum Gasteiger partial charge on any atom is 0.221 e. The number of benzene rings is 1. The maximum atomic E-state index is 11.4. The minimum Gasteiger partial charge on any atom is -0.368 e. The van der Waals surface area contributed by atoms with Crippen LogP contribution in [0.15, 0.2) is 12.1 Å². The van der Waals surface area contributed by atoms with E-state index < -0.39 is 0 Å². The Morgan fingerprint density at radius 1 is 1.38 bits per heavy atom. The Kier molecular flexibility index (Phi) is 3.80. The SMILES string of the molecule is CC(=O)Nc1cc(C#N)c(N2CCNCC2)cc1C1CC1. The Balaban J connectivity index is 2.01. The van der Waals surface area contributed by atoms with Gasteiger partial charge in [0.25, 0.3) is 0 Å². The number of rotatable bonds is 3. The number of piperazine rings is 1. The Morgan fingerprint density at radius 2 is 2.10 bits per heavy atom. The molecule has 2 N–H and O–H groups in total. The van der Waals surface area contributed by atoms with Gasteiger partial charge in [-0.2, -0.15) is 5.26 Å². The van der Waals surface area contributed by atoms with Crippen molar-refractivity contribution in [3.8, 4) is 6.07 Å². The highest BCUT2D eigenvalue weighted by Gasteiger charge is 2.28. The van der Waals surface area contributed by atoms with Gasteiger partial charge in [0, 0.05) is 38.8 Å². The van der Waals surface area contributed by atoms with Gasteiger partial charge in [-0.1, -0.05) is 0 Å². The lowest BCUT2D eigenvalue weighted by Gasteiger charge is -2.31. The van der Waals surface area contributed by atoms with Crippen molar-refractivity contribution < 1.29 is 4.79 Å². The van der Waals surface area contributed by atoms with Gasteiger partial charge in [0.15, 0.2) is 0 Å². The smallest absolute Gasteiger partial charge is 0.221 e. The van der Waals surface area contributed by atoms with Crippen LogP contribution in [0.1, 0.15) is 36.8 Å². The van der Waals surface area contributed by atoms with Crippen molar-refractivity contribution in [2.75, 3.05) is 36.4 Å². The lowest BCUT2D eigenvalue weighted by molar-refractivity contribution is -0.114. The van der Waals surface area contributed by atoms with Gasteiger partial charge in [0.1, 0.15) is 6.07 Å². The van der Waals surface area contributed by atoms with Crippen molar-refractivity contribution in [1.82, 2.24) is 5.32 Å². The van der Waals surface area contributed by atoms with E-state index in [4.69, 9.17) is 0 Å². The zero-order chi connectivity index (χ0) is 14.8. The van der Waals surface area contributed by atoms with E-state index in [1.807, 2.05) is 6.07 Å². The first-order valence-electron chi connectivity index (χ1n) is 7.50. The fourth-order valence-electron chi connectivity index (χ4n) is 2.89. The molecule has 5 nitrogen and oxygen atoms in total. The van der Waals surface area contributed by atoms with Crippen LogP contribution in [0.5, 0.6) is 0 Å². The van der Waals surface area contributed by atoms with Gasteiger partial charge < -0.3 is 15.5 Å². The third-order valence-corrected chi connectivity index (χ3v) is 4.07. The van der Waals surface area contributed by atoms with Gasteiger partial charge in [-0.3, -0.25) is 4.79 Å². The summed E-state index contributed by atoms with van der Waals surface area (Å²) in [5, 5.41) is 15.7. The normalized spacial score (nSPS) is 18.2. The molecule has 1 aliphatic heterocycles. The lowest BCUT2D eigenvalue weighted by Crippen LogP contribution is -2.43. The van der Waals surface area contributed by atoms with E-state index in [1.54, 1.807) is 0 Å². The number of amides is 1. The summed E-state index contributed by atoms with van der Waals surface area (Å²) in [6, 6.07) is 6.24. The second-order valence-electron chi connectivity index (χ2n) is 5.76. The third-order valence-electron chi connectivity index (χ3n) is 4.07. The molecule has 1 aliphatic carbocycles. The maximum absolute atomic E-state index is 11.4. The average molecular weight is 284 g/mol. The zero-order valence-electron chi connectivity index (χ0n) is 12.3. The van der Waals surface area contributed by atoms with E-state index in [9.17, 15) is 10.1 Å². The molecule has 1 saturated heterocycles. The number of carbonyl (C=O) groups is 1. The molecule has 2 fully saturated rings. The van der Waals surface area contributed by atoms with Gasteiger partial charge >= 0.3 is 0 Å². The summed E-state index contributed by atoms with van der Waals surface area (Å²) in [4.78, 5) is 13.6. The van der Waals surface area contributed by atoms with Crippen molar-refractivity contribution in [3.63, 3.8) is 0 Å². The zero-order valence-corrected chi connectivity index (χ0v) is 12.3. The van der Waals surface area contributed by atoms with Crippen LogP contribution in [0.3, 0.4) is 0 Å². The molecule has 5 heteroatoms. The summed E-state index contributed by atoms with van der Waals surface area (Å²) in [7, 11) is 0. The summed E-state index contributed by atoms with van der Waals surface area (Å²) in [5.74, 6) is 0.442. The van der Waals surface area contributed by atoms with Gasteiger partial charge in [0.2, 0.25) is 5.91 Å². The van der Waals surface area contributed by atoms with Crippen LogP contribution in [0.2, 0.25) is 0 Å². The van der Waals surface area contributed by atoms with Crippen LogP contribution in [-0.2, 0) is 4.79 Å². The number of nitrogens with one attached hydrogen (secondary N) is 2. The topological polar surface area (TPSA) is 68.2 Å². The Morgan fingerprint density at radius 3 is 2.67 bits per heavy atom. The summed E-state index contributed by atoms with van der Waals surface area (Å²) < 4.78 is 0. The molecule has 0 aromatic heterocycles. The first-order chi connectivity index (χ1) is 10.2. The number of hydrogen-bond acceptors (Lipinski definition) is 4. The van der Waals surface area contributed by atoms with E-state index in [1.165, 1.54) is 25.3 Å². The molecule has 0 unspecified atom stereocenters. The van der Waals surface area contributed by atoms with Crippen molar-refractivity contribution in [2.24, 2.45) is 0 Å². The highest BCUT2D eigenvalue weighted by molar-refractivity contribution is 5.91. The van der Waals surface area contributed by atoms with Crippen LogP contribution in [-0.4, -0.2) is 32.1 Å². The van der Waals surface area contributed by atoms with E-state index in [0.29, 0.717) is 11.5 Å². The fraction of sp³-hybridized carbons (Fsp3) is 0.500. The van der Waals surface area contributed by atoms with Crippen molar-refractivity contribution >= 4 is 17.3 Å². The van der Waals surface area contributed by atoms with E-state index in [-0.39, 0.29) is 5.91 Å². The van der Waals surface area contributed by atoms with Crippen molar-refractivity contribution in [1.29, 1.82) is 5.26 Å². The summed E-state index contributed by atoms with van der Waals surface area (Å²) in [6.45, 7) is 5.22. The van der Waals surface area contributed by atoms with Crippen molar-refractivity contribution in [3.05, 3.63) is 23.3 Å². The summed E-state index contributed by atoms with van der Waals surface area (Å²) >= 11 is 0. The Labute approximate surface area is 124 Å². The molecule has 0 spiro atoms. The second kappa shape index (κ2) is 5.74. The number of nitrogens with zero attached hydrogens (tertiary/aromatic N) is 2. The number of anilines is 2. The van der Waals surface area contributed by atoms with Gasteiger partial charge in [-0.25, -0.2) is 0 Å². The average Bonchev–Trinajstić information content (AvgIpc) is 3.31. The molecule has 2 aliphatic rings. The minimum absolute atomic E-state index is 0.0873. The standard InChI is InChI=1S/C16H20N4O/c1-11(21)19-15-8-13(10-17)16(9-14(15)12-2-3-12)20-6-4-18-5-7-20/h8-9,12,18H,2-7H2,1H3,(H,19,21). The van der Waals surface area contributed by atoms with Crippen molar-refractivity contribution in [2.45, 2.75) is 25.7 Å². The molecule has 3 rings (SSSR count). The van der Waals surface area contributed by atoms with Crippen LogP contribution in [0.4, 0.5) is 11.4 Å². The Hall–Kier alpha value is -2.06. The molecule has 1 amide bonds. The van der Waals surface area contributed by atoms with Gasteiger partial charge in [0.05, 0.1) is 11.3 Å². The lowest BCUT2D eigenvalue weighted by atomic mass is 10.0. The molecule has 0 bridgehead atoms. The number of nitriles is 1. The van der Waals surface area contributed by atoms with Crippen LogP contribution in [0.25, 0.3) is 0 Å². The Bertz CT molecular complexity index is 595. The second-order valence-corrected chi connectivity index (χ2v) is 5.76. The summed E-state index contributed by atoms with van der Waals surface area (Å²) in [5.41, 5.74) is 3.64. The predicted octanol–water partition coefficient (Wildman–Crippen LogP) is 1.80. The first-order valence-corrected chi connectivity index (χ1v) is 7.50. The minimum atomic E-state index is -0.0873. The highest BCUT2D eigenvalue weighted by Crippen LogP contribution is 2.45.